The molecule has 0 N–H and O–H groups in total. The van der Waals surface area contributed by atoms with Gasteiger partial charge in [-0.15, -0.1) is 10.2 Å². The Morgan fingerprint density at radius 3 is 2.72 bits per heavy atom. The van der Waals surface area contributed by atoms with Crippen LogP contribution in [0.4, 0.5) is 5.13 Å². The maximum Gasteiger partial charge on any atom is 0.233 e. The Bertz CT molecular complexity index is 892. The third-order valence-corrected chi connectivity index (χ3v) is 4.92. The molecule has 0 spiro atoms. The summed E-state index contributed by atoms with van der Waals surface area (Å²) in [4.78, 5) is 14.1. The number of hydrogen-bond donors (Lipinski definition) is 0. The predicted molar refractivity (Wildman–Crippen MR) is 100 cm³/mol. The molecule has 0 radical (unpaired) electrons. The summed E-state index contributed by atoms with van der Waals surface area (Å²) in [6.45, 7) is 2.04. The van der Waals surface area contributed by atoms with E-state index in [4.69, 9.17) is 4.74 Å². The van der Waals surface area contributed by atoms with Gasteiger partial charge in [0.15, 0.2) is 0 Å². The lowest BCUT2D eigenvalue weighted by molar-refractivity contribution is -0.117. The number of ether oxygens (including phenoxy) is 1. The molecule has 3 aromatic rings. The molecular formula is C19H19N3O2S. The molecule has 128 valence electrons. The van der Waals surface area contributed by atoms with E-state index in [1.165, 1.54) is 11.3 Å². The summed E-state index contributed by atoms with van der Waals surface area (Å²) < 4.78 is 5.31. The summed E-state index contributed by atoms with van der Waals surface area (Å²) in [7, 11) is 3.32. The molecule has 0 unspecified atom stereocenters. The van der Waals surface area contributed by atoms with Crippen molar-refractivity contribution in [2.45, 2.75) is 13.3 Å². The minimum absolute atomic E-state index is 0.0588. The summed E-state index contributed by atoms with van der Waals surface area (Å²) in [6.07, 6.45) is 0.250. The minimum Gasteiger partial charge on any atom is -0.496 e. The van der Waals surface area contributed by atoms with Crippen molar-refractivity contribution < 1.29 is 9.53 Å². The molecule has 1 heterocycles. The first kappa shape index (κ1) is 17.1. The fourth-order valence-electron chi connectivity index (χ4n) is 2.48. The van der Waals surface area contributed by atoms with Crippen LogP contribution in [0.2, 0.25) is 0 Å². The van der Waals surface area contributed by atoms with Crippen molar-refractivity contribution >= 4 is 22.4 Å². The highest BCUT2D eigenvalue weighted by molar-refractivity contribution is 7.18. The molecule has 0 aliphatic carbocycles. The molecule has 2 aromatic carbocycles. The first-order valence-electron chi connectivity index (χ1n) is 7.87. The quantitative estimate of drug-likeness (QED) is 0.701. The van der Waals surface area contributed by atoms with Crippen molar-refractivity contribution in [3.05, 3.63) is 59.7 Å². The predicted octanol–water partition coefficient (Wildman–Crippen LogP) is 3.73. The number of aromatic nitrogens is 2. The Morgan fingerprint density at radius 1 is 1.16 bits per heavy atom. The topological polar surface area (TPSA) is 55.3 Å². The van der Waals surface area contributed by atoms with Crippen LogP contribution in [0.15, 0.2) is 48.5 Å². The molecule has 0 atom stereocenters. The highest BCUT2D eigenvalue weighted by atomic mass is 32.1. The number of carbonyl (C=O) groups is 1. The van der Waals surface area contributed by atoms with Gasteiger partial charge in [0.1, 0.15) is 10.8 Å². The number of hydrogen-bond acceptors (Lipinski definition) is 5. The lowest BCUT2D eigenvalue weighted by atomic mass is 10.1. The Labute approximate surface area is 150 Å². The number of aryl methyl sites for hydroxylation is 1. The Morgan fingerprint density at radius 2 is 1.96 bits per heavy atom. The van der Waals surface area contributed by atoms with Gasteiger partial charge in [0, 0.05) is 18.2 Å². The van der Waals surface area contributed by atoms with Crippen molar-refractivity contribution in [2.24, 2.45) is 0 Å². The number of para-hydroxylation sites is 1. The fraction of sp³-hybridized carbons (Fsp3) is 0.211. The molecule has 0 saturated heterocycles. The number of methoxy groups -OCH3 is 1. The summed E-state index contributed by atoms with van der Waals surface area (Å²) in [5, 5.41) is 9.77. The van der Waals surface area contributed by atoms with E-state index in [9.17, 15) is 4.79 Å². The zero-order valence-corrected chi connectivity index (χ0v) is 15.2. The monoisotopic (exact) mass is 353 g/mol. The van der Waals surface area contributed by atoms with E-state index in [0.29, 0.717) is 10.9 Å². The molecule has 1 amide bonds. The van der Waals surface area contributed by atoms with E-state index >= 15 is 0 Å². The zero-order valence-electron chi connectivity index (χ0n) is 14.4. The summed E-state index contributed by atoms with van der Waals surface area (Å²) in [5.74, 6) is 0.651. The maximum atomic E-state index is 12.6. The van der Waals surface area contributed by atoms with Crippen LogP contribution in [0.25, 0.3) is 10.6 Å². The average Bonchev–Trinajstić information content (AvgIpc) is 3.11. The number of amides is 1. The second kappa shape index (κ2) is 7.44. The molecular weight excluding hydrogens is 334 g/mol. The third kappa shape index (κ3) is 3.85. The molecule has 6 heteroatoms. The van der Waals surface area contributed by atoms with Crippen LogP contribution in [0.3, 0.4) is 0 Å². The number of benzene rings is 2. The third-order valence-electron chi connectivity index (χ3n) is 3.87. The van der Waals surface area contributed by atoms with Gasteiger partial charge < -0.3 is 4.74 Å². The molecule has 25 heavy (non-hydrogen) atoms. The van der Waals surface area contributed by atoms with Crippen molar-refractivity contribution in [2.75, 3.05) is 19.1 Å². The van der Waals surface area contributed by atoms with Gasteiger partial charge in [-0.1, -0.05) is 53.3 Å². The molecule has 0 bridgehead atoms. The molecule has 1 aromatic heterocycles. The first-order chi connectivity index (χ1) is 12.1. The van der Waals surface area contributed by atoms with Gasteiger partial charge in [-0.25, -0.2) is 0 Å². The van der Waals surface area contributed by atoms with E-state index in [0.717, 1.165) is 21.7 Å². The van der Waals surface area contributed by atoms with Gasteiger partial charge in [-0.3, -0.25) is 9.69 Å². The zero-order chi connectivity index (χ0) is 17.8. The van der Waals surface area contributed by atoms with Crippen LogP contribution in [0.5, 0.6) is 5.75 Å². The van der Waals surface area contributed by atoms with Crippen LogP contribution < -0.4 is 9.64 Å². The SMILES string of the molecule is COc1ccccc1CC(=O)N(C)c1nnc(-c2cccc(C)c2)s1. The lowest BCUT2D eigenvalue weighted by Gasteiger charge is -2.14. The smallest absolute Gasteiger partial charge is 0.233 e. The van der Waals surface area contributed by atoms with Crippen LogP contribution in [-0.4, -0.2) is 30.3 Å². The minimum atomic E-state index is -0.0588. The van der Waals surface area contributed by atoms with Crippen molar-refractivity contribution in [3.8, 4) is 16.3 Å². The summed E-state index contributed by atoms with van der Waals surface area (Å²) >= 11 is 1.40. The van der Waals surface area contributed by atoms with Crippen molar-refractivity contribution in [1.82, 2.24) is 10.2 Å². The number of carbonyl (C=O) groups excluding carboxylic acids is 1. The lowest BCUT2D eigenvalue weighted by Crippen LogP contribution is -2.27. The van der Waals surface area contributed by atoms with Crippen molar-refractivity contribution in [1.29, 1.82) is 0 Å². The molecule has 0 aliphatic rings. The standard InChI is InChI=1S/C19H19N3O2S/c1-13-7-6-9-15(11-13)18-20-21-19(25-18)22(2)17(23)12-14-8-4-5-10-16(14)24-3/h4-11H,12H2,1-3H3. The van der Waals surface area contributed by atoms with Gasteiger partial charge in [0.05, 0.1) is 13.5 Å². The second-order valence-corrected chi connectivity index (χ2v) is 6.66. The van der Waals surface area contributed by atoms with Gasteiger partial charge in [-0.05, 0) is 19.1 Å². The molecule has 5 nitrogen and oxygen atoms in total. The molecule has 0 aliphatic heterocycles. The van der Waals surface area contributed by atoms with Crippen LogP contribution in [0, 0.1) is 6.92 Å². The van der Waals surface area contributed by atoms with Gasteiger partial charge >= 0.3 is 0 Å². The van der Waals surface area contributed by atoms with E-state index in [-0.39, 0.29) is 12.3 Å². The molecule has 0 saturated carbocycles. The Hall–Kier alpha value is -2.73. The van der Waals surface area contributed by atoms with Crippen LogP contribution in [0.1, 0.15) is 11.1 Å². The van der Waals surface area contributed by atoms with Crippen LogP contribution >= 0.6 is 11.3 Å². The van der Waals surface area contributed by atoms with Crippen LogP contribution in [-0.2, 0) is 11.2 Å². The fourth-order valence-corrected chi connectivity index (χ4v) is 3.30. The maximum absolute atomic E-state index is 12.6. The highest BCUT2D eigenvalue weighted by Gasteiger charge is 2.18. The van der Waals surface area contributed by atoms with E-state index in [2.05, 4.69) is 16.3 Å². The highest BCUT2D eigenvalue weighted by Crippen LogP contribution is 2.29. The number of rotatable bonds is 5. The molecule has 3 rings (SSSR count). The largest absolute Gasteiger partial charge is 0.496 e. The first-order valence-corrected chi connectivity index (χ1v) is 8.69. The molecule has 0 fully saturated rings. The van der Waals surface area contributed by atoms with Gasteiger partial charge in [0.2, 0.25) is 11.0 Å². The van der Waals surface area contributed by atoms with E-state index in [1.807, 2.05) is 49.4 Å². The van der Waals surface area contributed by atoms with E-state index < -0.39 is 0 Å². The van der Waals surface area contributed by atoms with Crippen molar-refractivity contribution in [3.63, 3.8) is 0 Å². The number of anilines is 1. The normalized spacial score (nSPS) is 10.5. The number of likely N-dealkylation sites (N-methyl/N-ethyl adjacent to an activating group) is 1. The summed E-state index contributed by atoms with van der Waals surface area (Å²) in [5.41, 5.74) is 3.02. The Kier molecular flexibility index (Phi) is 5.09. The number of nitrogens with zero attached hydrogens (tertiary/aromatic N) is 3. The van der Waals surface area contributed by atoms with E-state index in [1.54, 1.807) is 19.1 Å². The summed E-state index contributed by atoms with van der Waals surface area (Å²) in [6, 6.07) is 15.6. The Balaban J connectivity index is 1.77. The second-order valence-electron chi connectivity index (χ2n) is 5.70. The van der Waals surface area contributed by atoms with Gasteiger partial charge in [-0.2, -0.15) is 0 Å². The van der Waals surface area contributed by atoms with Gasteiger partial charge in [0.25, 0.3) is 0 Å². The average molecular weight is 353 g/mol.